The number of guanidine groups is 1. The van der Waals surface area contributed by atoms with Crippen LogP contribution in [0.15, 0.2) is 47.5 Å². The molecule has 0 saturated carbocycles. The van der Waals surface area contributed by atoms with Gasteiger partial charge in [-0.15, -0.1) is 0 Å². The van der Waals surface area contributed by atoms with Crippen molar-refractivity contribution in [1.29, 1.82) is 0 Å². The molecule has 2 N–H and O–H groups in total. The summed E-state index contributed by atoms with van der Waals surface area (Å²) >= 11 is 2.07. The van der Waals surface area contributed by atoms with Crippen molar-refractivity contribution in [2.24, 2.45) is 4.99 Å². The molecule has 1 heterocycles. The van der Waals surface area contributed by atoms with E-state index in [9.17, 15) is 0 Å². The zero-order valence-corrected chi connectivity index (χ0v) is 13.8. The molecule has 0 radical (unpaired) electrons. The van der Waals surface area contributed by atoms with Gasteiger partial charge in [-0.25, -0.2) is 0 Å². The molecule has 1 saturated heterocycles. The van der Waals surface area contributed by atoms with Crippen molar-refractivity contribution in [1.82, 2.24) is 10.6 Å². The van der Waals surface area contributed by atoms with Crippen molar-refractivity contribution < 1.29 is 0 Å². The average Bonchev–Trinajstić information content (AvgIpc) is 3.08. The molecular weight excluding hydrogens is 290 g/mol. The molecule has 1 fully saturated rings. The van der Waals surface area contributed by atoms with Crippen LogP contribution in [0.3, 0.4) is 0 Å². The van der Waals surface area contributed by atoms with Gasteiger partial charge >= 0.3 is 0 Å². The van der Waals surface area contributed by atoms with E-state index in [0.717, 1.165) is 24.3 Å². The fourth-order valence-electron chi connectivity index (χ4n) is 2.86. The molecule has 2 aromatic carbocycles. The van der Waals surface area contributed by atoms with E-state index < -0.39 is 0 Å². The monoisotopic (exact) mass is 313 g/mol. The Kier molecular flexibility index (Phi) is 5.22. The molecule has 0 aliphatic carbocycles. The van der Waals surface area contributed by atoms with Gasteiger partial charge in [-0.05, 0) is 34.9 Å². The van der Waals surface area contributed by atoms with E-state index >= 15 is 0 Å². The van der Waals surface area contributed by atoms with Crippen LogP contribution < -0.4 is 10.6 Å². The number of nitrogens with zero attached hydrogens (tertiary/aromatic N) is 1. The molecule has 0 amide bonds. The second-order valence-electron chi connectivity index (χ2n) is 5.58. The maximum absolute atomic E-state index is 4.33. The van der Waals surface area contributed by atoms with Crippen LogP contribution >= 0.6 is 11.8 Å². The summed E-state index contributed by atoms with van der Waals surface area (Å²) in [5, 5.41) is 10.2. The van der Waals surface area contributed by atoms with E-state index in [1.807, 2.05) is 7.05 Å². The summed E-state index contributed by atoms with van der Waals surface area (Å²) in [6.45, 7) is 1.79. The first kappa shape index (κ1) is 15.2. The number of hydrogen-bond donors (Lipinski definition) is 2. The fourth-order valence-corrected chi connectivity index (χ4v) is 4.06. The van der Waals surface area contributed by atoms with Gasteiger partial charge < -0.3 is 10.6 Å². The van der Waals surface area contributed by atoms with Gasteiger partial charge in [0.05, 0.1) is 0 Å². The predicted molar refractivity (Wildman–Crippen MR) is 97.6 cm³/mol. The third-order valence-electron chi connectivity index (χ3n) is 4.07. The fraction of sp³-hybridized carbons (Fsp3) is 0.389. The quantitative estimate of drug-likeness (QED) is 0.671. The summed E-state index contributed by atoms with van der Waals surface area (Å²) in [6, 6.07) is 15.0. The van der Waals surface area contributed by atoms with Crippen LogP contribution in [0.1, 0.15) is 18.4 Å². The SMILES string of the molecule is CN=C(NCc1cccc2ccccc12)NCC1CCCS1. The minimum absolute atomic E-state index is 0.733. The number of benzene rings is 2. The highest BCUT2D eigenvalue weighted by molar-refractivity contribution is 8.00. The second-order valence-corrected chi connectivity index (χ2v) is 6.99. The van der Waals surface area contributed by atoms with Crippen molar-refractivity contribution in [3.05, 3.63) is 48.0 Å². The lowest BCUT2D eigenvalue weighted by Gasteiger charge is -2.15. The Balaban J connectivity index is 1.59. The van der Waals surface area contributed by atoms with Gasteiger partial charge in [-0.2, -0.15) is 11.8 Å². The van der Waals surface area contributed by atoms with Gasteiger partial charge in [0.15, 0.2) is 5.96 Å². The van der Waals surface area contributed by atoms with E-state index in [1.165, 1.54) is 34.9 Å². The van der Waals surface area contributed by atoms with Gasteiger partial charge in [-0.3, -0.25) is 4.99 Å². The third kappa shape index (κ3) is 3.74. The summed E-state index contributed by atoms with van der Waals surface area (Å²) in [5.41, 5.74) is 1.30. The zero-order chi connectivity index (χ0) is 15.2. The first-order valence-electron chi connectivity index (χ1n) is 7.89. The minimum Gasteiger partial charge on any atom is -0.355 e. The van der Waals surface area contributed by atoms with Gasteiger partial charge in [0.2, 0.25) is 0 Å². The highest BCUT2D eigenvalue weighted by Gasteiger charge is 2.15. The molecule has 116 valence electrons. The highest BCUT2D eigenvalue weighted by Crippen LogP contribution is 2.25. The second kappa shape index (κ2) is 7.54. The summed E-state index contributed by atoms with van der Waals surface area (Å²) in [6.07, 6.45) is 2.66. The highest BCUT2D eigenvalue weighted by atomic mass is 32.2. The Bertz CT molecular complexity index is 642. The number of aliphatic imine (C=N–C) groups is 1. The summed E-state index contributed by atoms with van der Waals surface area (Å²) in [5.74, 6) is 2.19. The molecule has 1 unspecified atom stereocenters. The van der Waals surface area contributed by atoms with E-state index in [-0.39, 0.29) is 0 Å². The molecule has 0 spiro atoms. The Morgan fingerprint density at radius 3 is 2.86 bits per heavy atom. The van der Waals surface area contributed by atoms with Crippen LogP contribution in [0.2, 0.25) is 0 Å². The van der Waals surface area contributed by atoms with Crippen LogP contribution in [0.5, 0.6) is 0 Å². The van der Waals surface area contributed by atoms with Crippen molar-refractivity contribution in [2.45, 2.75) is 24.6 Å². The molecule has 1 atom stereocenters. The van der Waals surface area contributed by atoms with Crippen LogP contribution in [0.4, 0.5) is 0 Å². The summed E-state index contributed by atoms with van der Waals surface area (Å²) < 4.78 is 0. The maximum atomic E-state index is 4.33. The Morgan fingerprint density at radius 1 is 1.18 bits per heavy atom. The smallest absolute Gasteiger partial charge is 0.191 e. The predicted octanol–water partition coefficient (Wildman–Crippen LogP) is 3.40. The van der Waals surface area contributed by atoms with Crippen molar-refractivity contribution in [3.8, 4) is 0 Å². The lowest BCUT2D eigenvalue weighted by molar-refractivity contribution is 0.726. The normalized spacial score (nSPS) is 18.6. The standard InChI is InChI=1S/C18H23N3S/c1-19-18(21-13-16-9-5-11-22-16)20-12-15-8-4-7-14-6-2-3-10-17(14)15/h2-4,6-8,10,16H,5,9,11-13H2,1H3,(H2,19,20,21). The topological polar surface area (TPSA) is 36.4 Å². The molecule has 22 heavy (non-hydrogen) atoms. The molecule has 2 aromatic rings. The third-order valence-corrected chi connectivity index (χ3v) is 5.47. The number of rotatable bonds is 4. The number of nitrogens with one attached hydrogen (secondary N) is 2. The average molecular weight is 313 g/mol. The minimum atomic E-state index is 0.733. The lowest BCUT2D eigenvalue weighted by atomic mass is 10.0. The van der Waals surface area contributed by atoms with Crippen molar-refractivity contribution >= 4 is 28.5 Å². The molecule has 0 bridgehead atoms. The van der Waals surface area contributed by atoms with Gasteiger partial charge in [0, 0.05) is 25.4 Å². The molecular formula is C18H23N3S. The number of fused-ring (bicyclic) bond motifs is 1. The molecule has 1 aliphatic rings. The Labute approximate surface area is 136 Å². The zero-order valence-electron chi connectivity index (χ0n) is 13.0. The van der Waals surface area contributed by atoms with E-state index in [4.69, 9.17) is 0 Å². The van der Waals surface area contributed by atoms with Crippen molar-refractivity contribution in [3.63, 3.8) is 0 Å². The molecule has 1 aliphatic heterocycles. The Hall–Kier alpha value is -1.68. The van der Waals surface area contributed by atoms with Crippen LogP contribution in [-0.2, 0) is 6.54 Å². The van der Waals surface area contributed by atoms with E-state index in [2.05, 4.69) is 69.9 Å². The van der Waals surface area contributed by atoms with Crippen molar-refractivity contribution in [2.75, 3.05) is 19.3 Å². The molecule has 4 heteroatoms. The van der Waals surface area contributed by atoms with Crippen LogP contribution in [0.25, 0.3) is 10.8 Å². The largest absolute Gasteiger partial charge is 0.355 e. The van der Waals surface area contributed by atoms with Crippen LogP contribution in [0, 0.1) is 0 Å². The summed E-state index contributed by atoms with van der Waals surface area (Å²) in [4.78, 5) is 4.33. The van der Waals surface area contributed by atoms with E-state index in [1.54, 1.807) is 0 Å². The molecule has 0 aromatic heterocycles. The van der Waals surface area contributed by atoms with Gasteiger partial charge in [0.1, 0.15) is 0 Å². The Morgan fingerprint density at radius 2 is 2.05 bits per heavy atom. The number of hydrogen-bond acceptors (Lipinski definition) is 2. The first-order valence-corrected chi connectivity index (χ1v) is 8.94. The summed E-state index contributed by atoms with van der Waals surface area (Å²) in [7, 11) is 1.83. The van der Waals surface area contributed by atoms with Crippen LogP contribution in [-0.4, -0.2) is 30.6 Å². The van der Waals surface area contributed by atoms with Gasteiger partial charge in [0.25, 0.3) is 0 Å². The molecule has 3 nitrogen and oxygen atoms in total. The lowest BCUT2D eigenvalue weighted by Crippen LogP contribution is -2.39. The first-order chi connectivity index (χ1) is 10.9. The van der Waals surface area contributed by atoms with E-state index in [0.29, 0.717) is 0 Å². The van der Waals surface area contributed by atoms with Gasteiger partial charge in [-0.1, -0.05) is 42.5 Å². The number of thioether (sulfide) groups is 1. The maximum Gasteiger partial charge on any atom is 0.191 e. The molecule has 3 rings (SSSR count).